The maximum absolute atomic E-state index is 14.2. The first-order chi connectivity index (χ1) is 20.0. The van der Waals surface area contributed by atoms with Gasteiger partial charge in [-0.15, -0.1) is 0 Å². The van der Waals surface area contributed by atoms with Gasteiger partial charge in [0.1, 0.15) is 12.6 Å². The highest BCUT2D eigenvalue weighted by Gasteiger charge is 2.34. The van der Waals surface area contributed by atoms with Crippen LogP contribution in [0.2, 0.25) is 10.0 Å². The van der Waals surface area contributed by atoms with Crippen molar-refractivity contribution in [2.45, 2.75) is 57.2 Å². The SMILES string of the molecule is CS(=O)(=O)N(CC(=O)N(Cc1ccc(Br)cc1)C(Cc1ccccc1)C(=O)NC1CCCCC1)c1cc(Cl)ccc1Cl. The number of nitrogens with zero attached hydrogens (tertiary/aromatic N) is 2. The third kappa shape index (κ3) is 8.96. The fourth-order valence-electron chi connectivity index (χ4n) is 5.16. The lowest BCUT2D eigenvalue weighted by molar-refractivity contribution is -0.140. The number of sulfonamides is 1. The highest BCUT2D eigenvalue weighted by atomic mass is 79.9. The first kappa shape index (κ1) is 32.3. The van der Waals surface area contributed by atoms with Crippen LogP contribution in [0.4, 0.5) is 5.69 Å². The van der Waals surface area contributed by atoms with E-state index in [1.165, 1.54) is 17.0 Å². The number of anilines is 1. The van der Waals surface area contributed by atoms with Gasteiger partial charge in [0, 0.05) is 28.5 Å². The smallest absolute Gasteiger partial charge is 0.244 e. The van der Waals surface area contributed by atoms with Crippen LogP contribution in [-0.4, -0.2) is 50.0 Å². The van der Waals surface area contributed by atoms with E-state index >= 15 is 0 Å². The quantitative estimate of drug-likeness (QED) is 0.245. The number of benzene rings is 3. The Balaban J connectivity index is 1.73. The van der Waals surface area contributed by atoms with Crippen LogP contribution < -0.4 is 9.62 Å². The van der Waals surface area contributed by atoms with E-state index in [0.717, 1.165) is 58.3 Å². The molecule has 1 aliphatic rings. The molecule has 0 radical (unpaired) electrons. The summed E-state index contributed by atoms with van der Waals surface area (Å²) in [4.78, 5) is 29.7. The van der Waals surface area contributed by atoms with Crippen molar-refractivity contribution in [1.29, 1.82) is 0 Å². The highest BCUT2D eigenvalue weighted by molar-refractivity contribution is 9.10. The highest BCUT2D eigenvalue weighted by Crippen LogP contribution is 2.31. The van der Waals surface area contributed by atoms with E-state index in [1.807, 2.05) is 54.6 Å². The van der Waals surface area contributed by atoms with Gasteiger partial charge in [-0.25, -0.2) is 8.42 Å². The van der Waals surface area contributed by atoms with Gasteiger partial charge < -0.3 is 10.2 Å². The summed E-state index contributed by atoms with van der Waals surface area (Å²) in [5.74, 6) is -0.804. The molecule has 4 rings (SSSR count). The molecule has 1 saturated carbocycles. The van der Waals surface area contributed by atoms with Gasteiger partial charge in [0.2, 0.25) is 21.8 Å². The molecule has 0 aromatic heterocycles. The Morgan fingerprint density at radius 1 is 0.952 bits per heavy atom. The van der Waals surface area contributed by atoms with Gasteiger partial charge in [-0.2, -0.15) is 0 Å². The van der Waals surface area contributed by atoms with Crippen molar-refractivity contribution in [3.05, 3.63) is 98.4 Å². The van der Waals surface area contributed by atoms with Gasteiger partial charge >= 0.3 is 0 Å². The molecule has 0 bridgehead atoms. The van der Waals surface area contributed by atoms with Crippen LogP contribution >= 0.6 is 39.1 Å². The van der Waals surface area contributed by atoms with Gasteiger partial charge in [-0.1, -0.05) is 101 Å². The molecular weight excluding hydrogens is 661 g/mol. The van der Waals surface area contributed by atoms with Crippen LogP contribution in [0.3, 0.4) is 0 Å². The van der Waals surface area contributed by atoms with E-state index in [1.54, 1.807) is 6.07 Å². The monoisotopic (exact) mass is 693 g/mol. The third-order valence-corrected chi connectivity index (χ3v) is 9.55. The summed E-state index contributed by atoms with van der Waals surface area (Å²) in [6.07, 6.45) is 6.27. The number of rotatable bonds is 11. The average Bonchev–Trinajstić information content (AvgIpc) is 2.96. The van der Waals surface area contributed by atoms with E-state index in [0.29, 0.717) is 0 Å². The molecule has 0 spiro atoms. The molecule has 1 aliphatic carbocycles. The molecule has 1 N–H and O–H groups in total. The van der Waals surface area contributed by atoms with E-state index < -0.39 is 28.5 Å². The minimum atomic E-state index is -3.96. The van der Waals surface area contributed by atoms with Crippen molar-refractivity contribution in [3.8, 4) is 0 Å². The number of halogens is 3. The number of amides is 2. The molecule has 3 aromatic rings. The molecule has 42 heavy (non-hydrogen) atoms. The molecule has 0 saturated heterocycles. The largest absolute Gasteiger partial charge is 0.352 e. The van der Waals surface area contributed by atoms with Gasteiger partial charge in [-0.3, -0.25) is 13.9 Å². The Bertz CT molecular complexity index is 1480. The van der Waals surface area contributed by atoms with E-state index in [2.05, 4.69) is 21.2 Å². The normalized spacial score (nSPS) is 14.7. The van der Waals surface area contributed by atoms with Crippen molar-refractivity contribution in [3.63, 3.8) is 0 Å². The second kappa shape index (κ2) is 14.7. The summed E-state index contributed by atoms with van der Waals surface area (Å²) in [5, 5.41) is 3.60. The van der Waals surface area contributed by atoms with Crippen molar-refractivity contribution in [2.24, 2.45) is 0 Å². The van der Waals surface area contributed by atoms with Gasteiger partial charge in [0.25, 0.3) is 0 Å². The van der Waals surface area contributed by atoms with Crippen LogP contribution in [0.5, 0.6) is 0 Å². The Labute approximate surface area is 266 Å². The summed E-state index contributed by atoms with van der Waals surface area (Å²) in [6.45, 7) is -0.458. The average molecular weight is 696 g/mol. The molecule has 1 fully saturated rings. The van der Waals surface area contributed by atoms with Gasteiger partial charge in [0.05, 0.1) is 17.0 Å². The molecule has 7 nitrogen and oxygen atoms in total. The van der Waals surface area contributed by atoms with E-state index in [-0.39, 0.29) is 40.6 Å². The van der Waals surface area contributed by atoms with Crippen molar-refractivity contribution in [1.82, 2.24) is 10.2 Å². The molecule has 224 valence electrons. The number of nitrogens with one attached hydrogen (secondary N) is 1. The van der Waals surface area contributed by atoms with Crippen molar-refractivity contribution < 1.29 is 18.0 Å². The maximum atomic E-state index is 14.2. The summed E-state index contributed by atoms with van der Waals surface area (Å²) < 4.78 is 27.8. The molecule has 0 aliphatic heterocycles. The number of carbonyl (C=O) groups is 2. The summed E-state index contributed by atoms with van der Waals surface area (Å²) in [7, 11) is -3.96. The third-order valence-electron chi connectivity index (χ3n) is 7.34. The number of carbonyl (C=O) groups excluding carboxylic acids is 2. The first-order valence-corrected chi connectivity index (χ1v) is 17.2. The van der Waals surface area contributed by atoms with Crippen LogP contribution in [0, 0.1) is 0 Å². The lowest BCUT2D eigenvalue weighted by atomic mass is 9.94. The Hall–Kier alpha value is -2.59. The summed E-state index contributed by atoms with van der Waals surface area (Å²) in [6, 6.07) is 20.5. The van der Waals surface area contributed by atoms with E-state index in [9.17, 15) is 18.0 Å². The molecular formula is C31H34BrCl2N3O4S. The fourth-order valence-corrected chi connectivity index (χ4v) is 6.71. The summed E-state index contributed by atoms with van der Waals surface area (Å²) >= 11 is 16.0. The van der Waals surface area contributed by atoms with E-state index in [4.69, 9.17) is 23.2 Å². The standard InChI is InChI=1S/C31H34BrCl2N3O4S/c1-42(40,41)37(28-19-25(33)16-17-27(28)34)21-30(38)36(20-23-12-14-24(32)15-13-23)29(18-22-8-4-2-5-9-22)31(39)35-26-10-6-3-7-11-26/h2,4-5,8-9,12-17,19,26,29H,3,6-7,10-11,18,20-21H2,1H3,(H,35,39). The Kier molecular flexibility index (Phi) is 11.3. The van der Waals surface area contributed by atoms with Crippen LogP contribution in [-0.2, 0) is 32.6 Å². The van der Waals surface area contributed by atoms with Crippen molar-refractivity contribution in [2.75, 3.05) is 17.1 Å². The molecule has 0 heterocycles. The maximum Gasteiger partial charge on any atom is 0.244 e. The van der Waals surface area contributed by atoms with Crippen LogP contribution in [0.1, 0.15) is 43.2 Å². The lowest BCUT2D eigenvalue weighted by Crippen LogP contribution is -2.55. The second-order valence-corrected chi connectivity index (χ2v) is 14.2. The predicted octanol–water partition coefficient (Wildman–Crippen LogP) is 6.61. The van der Waals surface area contributed by atoms with Gasteiger partial charge in [-0.05, 0) is 54.3 Å². The number of hydrogen-bond acceptors (Lipinski definition) is 4. The van der Waals surface area contributed by atoms with Crippen LogP contribution in [0.25, 0.3) is 0 Å². The predicted molar refractivity (Wildman–Crippen MR) is 172 cm³/mol. The fraction of sp³-hybridized carbons (Fsp3) is 0.355. The zero-order valence-corrected chi connectivity index (χ0v) is 27.2. The molecule has 3 aromatic carbocycles. The molecule has 1 atom stereocenters. The summed E-state index contributed by atoms with van der Waals surface area (Å²) in [5.41, 5.74) is 1.77. The lowest BCUT2D eigenvalue weighted by Gasteiger charge is -2.35. The van der Waals surface area contributed by atoms with Crippen molar-refractivity contribution >= 4 is 66.7 Å². The van der Waals surface area contributed by atoms with Gasteiger partial charge in [0.15, 0.2) is 0 Å². The molecule has 2 amide bonds. The van der Waals surface area contributed by atoms with Crippen LogP contribution in [0.15, 0.2) is 77.3 Å². The zero-order valence-electron chi connectivity index (χ0n) is 23.3. The number of hydrogen-bond donors (Lipinski definition) is 1. The first-order valence-electron chi connectivity index (χ1n) is 13.8. The Morgan fingerprint density at radius 3 is 2.26 bits per heavy atom. The minimum Gasteiger partial charge on any atom is -0.352 e. The zero-order chi connectivity index (χ0) is 30.3. The topological polar surface area (TPSA) is 86.8 Å². The minimum absolute atomic E-state index is 0.0342. The molecule has 11 heteroatoms. The molecule has 1 unspecified atom stereocenters. The Morgan fingerprint density at radius 2 is 1.62 bits per heavy atom. The second-order valence-electron chi connectivity index (χ2n) is 10.6.